The molecule has 0 aliphatic heterocycles. The van der Waals surface area contributed by atoms with E-state index in [-0.39, 0.29) is 12.1 Å². The zero-order chi connectivity index (χ0) is 8.97. The van der Waals surface area contributed by atoms with Crippen LogP contribution in [0.4, 0.5) is 4.79 Å². The molecule has 1 saturated carbocycles. The summed E-state index contributed by atoms with van der Waals surface area (Å²) in [6.07, 6.45) is 3.14. The van der Waals surface area contributed by atoms with Crippen LogP contribution < -0.4 is 5.32 Å². The standard InChI is InChI=1S/C8H15NO3/c1-12-7-4-2-3-6(5-7)9-8(10)11/h6-7,9H,2-5H2,1H3,(H,10,11). The molecule has 0 aromatic rings. The number of ether oxygens (including phenoxy) is 1. The van der Waals surface area contributed by atoms with Crippen molar-refractivity contribution in [3.8, 4) is 0 Å². The van der Waals surface area contributed by atoms with Crippen molar-refractivity contribution >= 4 is 6.09 Å². The quantitative estimate of drug-likeness (QED) is 0.660. The predicted octanol–water partition coefficient (Wildman–Crippen LogP) is 1.21. The van der Waals surface area contributed by atoms with E-state index in [2.05, 4.69) is 5.32 Å². The van der Waals surface area contributed by atoms with Crippen LogP contribution in [0.5, 0.6) is 0 Å². The lowest BCUT2D eigenvalue weighted by atomic mass is 9.93. The molecule has 1 aliphatic rings. The van der Waals surface area contributed by atoms with Crippen molar-refractivity contribution in [1.82, 2.24) is 5.32 Å². The Labute approximate surface area is 71.9 Å². The molecule has 1 fully saturated rings. The van der Waals surface area contributed by atoms with E-state index in [9.17, 15) is 4.79 Å². The van der Waals surface area contributed by atoms with Gasteiger partial charge in [-0.3, -0.25) is 0 Å². The summed E-state index contributed by atoms with van der Waals surface area (Å²) in [6.45, 7) is 0. The molecule has 2 atom stereocenters. The van der Waals surface area contributed by atoms with Crippen molar-refractivity contribution in [3.63, 3.8) is 0 Å². The minimum Gasteiger partial charge on any atom is -0.465 e. The summed E-state index contributed by atoms with van der Waals surface area (Å²) in [7, 11) is 1.67. The number of carbonyl (C=O) groups is 1. The van der Waals surface area contributed by atoms with Crippen LogP contribution in [0, 0.1) is 0 Å². The summed E-state index contributed by atoms with van der Waals surface area (Å²) in [5.74, 6) is 0. The summed E-state index contributed by atoms with van der Waals surface area (Å²) >= 11 is 0. The molecule has 0 aromatic heterocycles. The number of carboxylic acid groups (broad SMARTS) is 1. The smallest absolute Gasteiger partial charge is 0.404 e. The van der Waals surface area contributed by atoms with Crippen LogP contribution in [0.2, 0.25) is 0 Å². The van der Waals surface area contributed by atoms with E-state index in [0.717, 1.165) is 25.7 Å². The first-order valence-corrected chi connectivity index (χ1v) is 4.24. The molecule has 1 aliphatic carbocycles. The summed E-state index contributed by atoms with van der Waals surface area (Å²) < 4.78 is 5.17. The minimum atomic E-state index is -0.934. The van der Waals surface area contributed by atoms with Crippen LogP contribution in [0.15, 0.2) is 0 Å². The van der Waals surface area contributed by atoms with Crippen LogP contribution in [-0.2, 0) is 4.74 Å². The maximum Gasteiger partial charge on any atom is 0.404 e. The summed E-state index contributed by atoms with van der Waals surface area (Å²) in [4.78, 5) is 10.3. The van der Waals surface area contributed by atoms with Gasteiger partial charge >= 0.3 is 6.09 Å². The van der Waals surface area contributed by atoms with Crippen LogP contribution in [-0.4, -0.2) is 30.5 Å². The molecule has 2 unspecified atom stereocenters. The third-order valence-corrected chi connectivity index (χ3v) is 2.29. The molecule has 0 saturated heterocycles. The average molecular weight is 173 g/mol. The Kier molecular flexibility index (Phi) is 3.34. The Hall–Kier alpha value is -0.770. The van der Waals surface area contributed by atoms with Gasteiger partial charge in [0.2, 0.25) is 0 Å². The second-order valence-corrected chi connectivity index (χ2v) is 3.17. The molecule has 12 heavy (non-hydrogen) atoms. The summed E-state index contributed by atoms with van der Waals surface area (Å²) in [6, 6.07) is 0.0844. The Morgan fingerprint density at radius 3 is 2.92 bits per heavy atom. The van der Waals surface area contributed by atoms with Gasteiger partial charge in [0.1, 0.15) is 0 Å². The summed E-state index contributed by atoms with van der Waals surface area (Å²) in [5.41, 5.74) is 0. The largest absolute Gasteiger partial charge is 0.465 e. The van der Waals surface area contributed by atoms with Crippen molar-refractivity contribution in [2.45, 2.75) is 37.8 Å². The Bertz CT molecular complexity index is 160. The molecule has 4 heteroatoms. The molecular formula is C8H15NO3. The van der Waals surface area contributed by atoms with Gasteiger partial charge in [0.25, 0.3) is 0 Å². The van der Waals surface area contributed by atoms with Crippen LogP contribution in [0.25, 0.3) is 0 Å². The lowest BCUT2D eigenvalue weighted by molar-refractivity contribution is 0.0589. The highest BCUT2D eigenvalue weighted by atomic mass is 16.5. The topological polar surface area (TPSA) is 58.6 Å². The molecule has 2 N–H and O–H groups in total. The molecule has 1 rings (SSSR count). The molecule has 0 bridgehead atoms. The van der Waals surface area contributed by atoms with Gasteiger partial charge in [0, 0.05) is 13.2 Å². The van der Waals surface area contributed by atoms with Crippen LogP contribution >= 0.6 is 0 Å². The fourth-order valence-electron chi connectivity index (χ4n) is 1.66. The third-order valence-electron chi connectivity index (χ3n) is 2.29. The van der Waals surface area contributed by atoms with Gasteiger partial charge < -0.3 is 15.2 Å². The number of rotatable bonds is 2. The first-order valence-electron chi connectivity index (χ1n) is 4.24. The fraction of sp³-hybridized carbons (Fsp3) is 0.875. The van der Waals surface area contributed by atoms with E-state index in [4.69, 9.17) is 9.84 Å². The third kappa shape index (κ3) is 2.70. The maximum absolute atomic E-state index is 10.3. The van der Waals surface area contributed by atoms with Crippen LogP contribution in [0.1, 0.15) is 25.7 Å². The highest BCUT2D eigenvalue weighted by molar-refractivity contribution is 5.64. The second kappa shape index (κ2) is 4.30. The van der Waals surface area contributed by atoms with E-state index in [0.29, 0.717) is 0 Å². The first-order chi connectivity index (χ1) is 5.72. The number of methoxy groups -OCH3 is 1. The molecule has 0 radical (unpaired) electrons. The van der Waals surface area contributed by atoms with Gasteiger partial charge in [0.05, 0.1) is 6.10 Å². The predicted molar refractivity (Wildman–Crippen MR) is 44.2 cm³/mol. The van der Waals surface area contributed by atoms with E-state index in [1.54, 1.807) is 7.11 Å². The van der Waals surface area contributed by atoms with Gasteiger partial charge in [-0.15, -0.1) is 0 Å². The van der Waals surface area contributed by atoms with Crippen molar-refractivity contribution in [3.05, 3.63) is 0 Å². The molecule has 70 valence electrons. The normalized spacial score (nSPS) is 29.8. The average Bonchev–Trinajstić information content (AvgIpc) is 2.03. The summed E-state index contributed by atoms with van der Waals surface area (Å²) in [5, 5.41) is 11.0. The number of hydrogen-bond acceptors (Lipinski definition) is 2. The molecule has 4 nitrogen and oxygen atoms in total. The highest BCUT2D eigenvalue weighted by Crippen LogP contribution is 2.20. The lowest BCUT2D eigenvalue weighted by Gasteiger charge is -2.27. The van der Waals surface area contributed by atoms with E-state index >= 15 is 0 Å². The zero-order valence-electron chi connectivity index (χ0n) is 7.25. The molecule has 0 heterocycles. The Morgan fingerprint density at radius 1 is 1.58 bits per heavy atom. The van der Waals surface area contributed by atoms with Crippen LogP contribution in [0.3, 0.4) is 0 Å². The maximum atomic E-state index is 10.3. The minimum absolute atomic E-state index is 0.0844. The fourth-order valence-corrected chi connectivity index (χ4v) is 1.66. The zero-order valence-corrected chi connectivity index (χ0v) is 7.25. The van der Waals surface area contributed by atoms with Gasteiger partial charge in [0.15, 0.2) is 0 Å². The van der Waals surface area contributed by atoms with Gasteiger partial charge in [-0.2, -0.15) is 0 Å². The number of nitrogens with one attached hydrogen (secondary N) is 1. The molecular weight excluding hydrogens is 158 g/mol. The van der Waals surface area contributed by atoms with Crippen molar-refractivity contribution in [2.24, 2.45) is 0 Å². The SMILES string of the molecule is COC1CCCC(NC(=O)O)C1. The lowest BCUT2D eigenvalue weighted by Crippen LogP contribution is -2.39. The van der Waals surface area contributed by atoms with Gasteiger partial charge in [-0.25, -0.2) is 4.79 Å². The number of hydrogen-bond donors (Lipinski definition) is 2. The molecule has 1 amide bonds. The first kappa shape index (κ1) is 9.32. The molecule has 0 spiro atoms. The Balaban J connectivity index is 2.30. The Morgan fingerprint density at radius 2 is 2.33 bits per heavy atom. The monoisotopic (exact) mass is 173 g/mol. The van der Waals surface area contributed by atoms with E-state index in [1.807, 2.05) is 0 Å². The van der Waals surface area contributed by atoms with Gasteiger partial charge in [-0.05, 0) is 25.7 Å². The molecule has 0 aromatic carbocycles. The van der Waals surface area contributed by atoms with Crippen molar-refractivity contribution in [2.75, 3.05) is 7.11 Å². The van der Waals surface area contributed by atoms with E-state index < -0.39 is 6.09 Å². The van der Waals surface area contributed by atoms with Gasteiger partial charge in [-0.1, -0.05) is 0 Å². The second-order valence-electron chi connectivity index (χ2n) is 3.17. The van der Waals surface area contributed by atoms with Crippen molar-refractivity contribution in [1.29, 1.82) is 0 Å². The highest BCUT2D eigenvalue weighted by Gasteiger charge is 2.22. The number of amides is 1. The van der Waals surface area contributed by atoms with E-state index in [1.165, 1.54) is 0 Å². The van der Waals surface area contributed by atoms with Crippen molar-refractivity contribution < 1.29 is 14.6 Å².